The van der Waals surface area contributed by atoms with Crippen LogP contribution in [0.4, 0.5) is 5.69 Å². The molecule has 0 saturated heterocycles. The molecule has 0 bridgehead atoms. The van der Waals surface area contributed by atoms with E-state index in [0.29, 0.717) is 11.3 Å². The number of H-pyrrole nitrogens is 1. The third kappa shape index (κ3) is 2.93. The van der Waals surface area contributed by atoms with Crippen molar-refractivity contribution < 1.29 is 4.79 Å². The van der Waals surface area contributed by atoms with Gasteiger partial charge in [0.1, 0.15) is 0 Å². The highest BCUT2D eigenvalue weighted by Crippen LogP contribution is 2.34. The molecule has 0 spiro atoms. The van der Waals surface area contributed by atoms with Crippen molar-refractivity contribution in [2.75, 3.05) is 5.32 Å². The third-order valence-electron chi connectivity index (χ3n) is 3.08. The number of anilines is 1. The smallest absolute Gasteiger partial charge is 0.257 e. The summed E-state index contributed by atoms with van der Waals surface area (Å²) in [6.07, 6.45) is 1.83. The number of aromatic nitrogens is 1. The summed E-state index contributed by atoms with van der Waals surface area (Å²) >= 11 is 10.3. The first kappa shape index (κ1) is 14.8. The van der Waals surface area contributed by atoms with Gasteiger partial charge in [0.15, 0.2) is 0 Å². The van der Waals surface area contributed by atoms with Gasteiger partial charge in [-0.05, 0) is 56.1 Å². The molecule has 0 aliphatic heterocycles. The fourth-order valence-corrected chi connectivity index (χ4v) is 4.57. The average molecular weight is 473 g/mol. The maximum absolute atomic E-state index is 12.5. The zero-order chi connectivity index (χ0) is 15.0. The Morgan fingerprint density at radius 2 is 1.76 bits per heavy atom. The molecule has 0 atom stereocenters. The van der Waals surface area contributed by atoms with Crippen molar-refractivity contribution >= 4 is 70.3 Å². The molecule has 106 valence electrons. The summed E-state index contributed by atoms with van der Waals surface area (Å²) in [6.45, 7) is 0. The first-order valence-corrected chi connectivity index (χ1v) is 8.46. The van der Waals surface area contributed by atoms with Gasteiger partial charge in [-0.15, -0.1) is 0 Å². The molecule has 3 aromatic rings. The molecule has 1 aromatic heterocycles. The summed E-state index contributed by atoms with van der Waals surface area (Å²) < 4.78 is 2.53. The zero-order valence-corrected chi connectivity index (χ0v) is 15.3. The van der Waals surface area contributed by atoms with Crippen LogP contribution in [0.2, 0.25) is 0 Å². The van der Waals surface area contributed by atoms with Crippen LogP contribution in [0.5, 0.6) is 0 Å². The Morgan fingerprint density at radius 3 is 2.48 bits per heavy atom. The molecule has 0 unspecified atom stereocenters. The number of nitrogens with one attached hydrogen (secondary N) is 2. The number of aromatic amines is 1. The van der Waals surface area contributed by atoms with E-state index >= 15 is 0 Å². The minimum atomic E-state index is -0.160. The second-order valence-electron chi connectivity index (χ2n) is 4.45. The Labute approximate surface area is 146 Å². The molecule has 3 nitrogen and oxygen atoms in total. The number of amides is 1. The van der Waals surface area contributed by atoms with Gasteiger partial charge in [0.25, 0.3) is 5.91 Å². The average Bonchev–Trinajstić information content (AvgIpc) is 2.90. The van der Waals surface area contributed by atoms with Gasteiger partial charge in [0.05, 0.1) is 16.8 Å². The SMILES string of the molecule is O=C(Nc1c(Br)cc(Br)cc1Br)c1cccc2cc[nH]c12. The summed E-state index contributed by atoms with van der Waals surface area (Å²) in [5, 5.41) is 3.94. The van der Waals surface area contributed by atoms with Crippen molar-refractivity contribution in [2.24, 2.45) is 0 Å². The molecule has 0 fully saturated rings. The van der Waals surface area contributed by atoms with Gasteiger partial charge in [-0.3, -0.25) is 4.79 Å². The summed E-state index contributed by atoms with van der Waals surface area (Å²) in [4.78, 5) is 15.6. The van der Waals surface area contributed by atoms with Crippen LogP contribution in [-0.4, -0.2) is 10.9 Å². The van der Waals surface area contributed by atoms with Crippen LogP contribution in [0.15, 0.2) is 56.0 Å². The predicted octanol–water partition coefficient (Wildman–Crippen LogP) is 5.71. The van der Waals surface area contributed by atoms with E-state index in [-0.39, 0.29) is 5.91 Å². The van der Waals surface area contributed by atoms with E-state index in [9.17, 15) is 4.79 Å². The molecular formula is C15H9Br3N2O. The van der Waals surface area contributed by atoms with Crippen LogP contribution in [0.3, 0.4) is 0 Å². The predicted molar refractivity (Wildman–Crippen MR) is 95.8 cm³/mol. The molecule has 1 amide bonds. The number of carbonyl (C=O) groups is 1. The van der Waals surface area contributed by atoms with E-state index in [1.54, 1.807) is 6.07 Å². The van der Waals surface area contributed by atoms with Gasteiger partial charge in [0.2, 0.25) is 0 Å². The topological polar surface area (TPSA) is 44.9 Å². The molecule has 1 heterocycles. The van der Waals surface area contributed by atoms with Gasteiger partial charge in [-0.1, -0.05) is 28.1 Å². The number of carbonyl (C=O) groups excluding carboxylic acids is 1. The van der Waals surface area contributed by atoms with Gasteiger partial charge in [-0.25, -0.2) is 0 Å². The number of halogens is 3. The number of para-hydroxylation sites is 1. The molecule has 0 saturated carbocycles. The van der Waals surface area contributed by atoms with Crippen LogP contribution < -0.4 is 5.32 Å². The summed E-state index contributed by atoms with van der Waals surface area (Å²) in [5.41, 5.74) is 2.14. The lowest BCUT2D eigenvalue weighted by atomic mass is 10.1. The normalized spacial score (nSPS) is 10.8. The van der Waals surface area contributed by atoms with E-state index < -0.39 is 0 Å². The van der Waals surface area contributed by atoms with Crippen LogP contribution in [0.1, 0.15) is 10.4 Å². The lowest BCUT2D eigenvalue weighted by Crippen LogP contribution is -2.13. The standard InChI is InChI=1S/C15H9Br3N2O/c16-9-6-11(17)14(12(18)7-9)20-15(21)10-3-1-2-8-4-5-19-13(8)10/h1-7,19H,(H,20,21). The minimum absolute atomic E-state index is 0.160. The number of rotatable bonds is 2. The zero-order valence-electron chi connectivity index (χ0n) is 10.6. The Morgan fingerprint density at radius 1 is 1.05 bits per heavy atom. The number of fused-ring (bicyclic) bond motifs is 1. The van der Waals surface area contributed by atoms with Crippen molar-refractivity contribution in [1.82, 2.24) is 4.98 Å². The molecule has 2 N–H and O–H groups in total. The van der Waals surface area contributed by atoms with E-state index in [4.69, 9.17) is 0 Å². The summed E-state index contributed by atoms with van der Waals surface area (Å²) in [7, 11) is 0. The quantitative estimate of drug-likeness (QED) is 0.493. The second kappa shape index (κ2) is 5.94. The number of hydrogen-bond acceptors (Lipinski definition) is 1. The van der Waals surface area contributed by atoms with E-state index in [1.807, 2.05) is 36.5 Å². The molecule has 6 heteroatoms. The Kier molecular flexibility index (Phi) is 4.19. The van der Waals surface area contributed by atoms with E-state index in [2.05, 4.69) is 58.1 Å². The van der Waals surface area contributed by atoms with Crippen molar-refractivity contribution in [3.05, 3.63) is 61.6 Å². The van der Waals surface area contributed by atoms with Gasteiger partial charge < -0.3 is 10.3 Å². The maximum Gasteiger partial charge on any atom is 0.257 e. The van der Waals surface area contributed by atoms with E-state index in [0.717, 1.165) is 24.3 Å². The Hall–Kier alpha value is -1.11. The van der Waals surface area contributed by atoms with Crippen molar-refractivity contribution in [2.45, 2.75) is 0 Å². The summed E-state index contributed by atoms with van der Waals surface area (Å²) in [5.74, 6) is -0.160. The monoisotopic (exact) mass is 470 g/mol. The van der Waals surface area contributed by atoms with Crippen molar-refractivity contribution in [1.29, 1.82) is 0 Å². The largest absolute Gasteiger partial charge is 0.361 e. The van der Waals surface area contributed by atoms with Gasteiger partial charge in [-0.2, -0.15) is 0 Å². The molecule has 0 aliphatic carbocycles. The minimum Gasteiger partial charge on any atom is -0.361 e. The van der Waals surface area contributed by atoms with Crippen molar-refractivity contribution in [3.63, 3.8) is 0 Å². The molecule has 2 aromatic carbocycles. The van der Waals surface area contributed by atoms with Crippen LogP contribution in [0.25, 0.3) is 10.9 Å². The first-order chi connectivity index (χ1) is 10.1. The molecule has 0 aliphatic rings. The van der Waals surface area contributed by atoms with Gasteiger partial charge in [0, 0.05) is 25.0 Å². The molecular weight excluding hydrogens is 464 g/mol. The third-order valence-corrected chi connectivity index (χ3v) is 4.79. The fourth-order valence-electron chi connectivity index (χ4n) is 2.12. The maximum atomic E-state index is 12.5. The molecule has 3 rings (SSSR count). The molecule has 0 radical (unpaired) electrons. The fraction of sp³-hybridized carbons (Fsp3) is 0. The highest BCUT2D eigenvalue weighted by atomic mass is 79.9. The van der Waals surface area contributed by atoms with Crippen LogP contribution >= 0.6 is 47.8 Å². The van der Waals surface area contributed by atoms with E-state index in [1.165, 1.54) is 0 Å². The van der Waals surface area contributed by atoms with Crippen molar-refractivity contribution in [3.8, 4) is 0 Å². The molecule has 21 heavy (non-hydrogen) atoms. The Bertz CT molecular complexity index is 819. The Balaban J connectivity index is 1.99. The summed E-state index contributed by atoms with van der Waals surface area (Å²) in [6, 6.07) is 11.3. The lowest BCUT2D eigenvalue weighted by Gasteiger charge is -2.11. The number of hydrogen-bond donors (Lipinski definition) is 2. The van der Waals surface area contributed by atoms with Gasteiger partial charge >= 0.3 is 0 Å². The first-order valence-electron chi connectivity index (χ1n) is 6.08. The lowest BCUT2D eigenvalue weighted by molar-refractivity contribution is 0.102. The highest BCUT2D eigenvalue weighted by Gasteiger charge is 2.14. The highest BCUT2D eigenvalue weighted by molar-refractivity contribution is 9.11. The second-order valence-corrected chi connectivity index (χ2v) is 7.07. The number of benzene rings is 2. The van der Waals surface area contributed by atoms with Crippen LogP contribution in [-0.2, 0) is 0 Å². The van der Waals surface area contributed by atoms with Crippen LogP contribution in [0, 0.1) is 0 Å².